The highest BCUT2D eigenvalue weighted by Crippen LogP contribution is 2.25. The Morgan fingerprint density at radius 2 is 2.53 bits per heavy atom. The molecule has 2 rings (SSSR count). The van der Waals surface area contributed by atoms with E-state index in [1.165, 1.54) is 18.4 Å². The van der Waals surface area contributed by atoms with E-state index in [1.807, 2.05) is 0 Å². The SMILES string of the molecule is CC(NCC1(C)CCCO1)c1ccsc1. The fourth-order valence-electron chi connectivity index (χ4n) is 1.98. The average Bonchev–Trinajstić information content (AvgIpc) is 2.85. The molecule has 0 aromatic carbocycles. The van der Waals surface area contributed by atoms with Crippen LogP contribution in [0.4, 0.5) is 0 Å². The van der Waals surface area contributed by atoms with Crippen LogP contribution in [0.25, 0.3) is 0 Å². The molecule has 1 fully saturated rings. The highest BCUT2D eigenvalue weighted by Gasteiger charge is 2.29. The molecule has 1 aliphatic rings. The maximum Gasteiger partial charge on any atom is 0.0779 e. The zero-order chi connectivity index (χ0) is 10.7. The molecule has 0 aliphatic carbocycles. The molecule has 0 spiro atoms. The van der Waals surface area contributed by atoms with Crippen molar-refractivity contribution in [3.05, 3.63) is 22.4 Å². The number of nitrogens with one attached hydrogen (secondary N) is 1. The maximum absolute atomic E-state index is 5.75. The lowest BCUT2D eigenvalue weighted by Crippen LogP contribution is -2.38. The van der Waals surface area contributed by atoms with Gasteiger partial charge in [0.1, 0.15) is 0 Å². The van der Waals surface area contributed by atoms with E-state index in [4.69, 9.17) is 4.74 Å². The largest absolute Gasteiger partial charge is 0.374 e. The highest BCUT2D eigenvalue weighted by molar-refractivity contribution is 7.07. The summed E-state index contributed by atoms with van der Waals surface area (Å²) >= 11 is 1.75. The topological polar surface area (TPSA) is 21.3 Å². The van der Waals surface area contributed by atoms with Crippen LogP contribution >= 0.6 is 11.3 Å². The van der Waals surface area contributed by atoms with Crippen LogP contribution < -0.4 is 5.32 Å². The third-order valence-electron chi connectivity index (χ3n) is 3.13. The summed E-state index contributed by atoms with van der Waals surface area (Å²) in [5.41, 5.74) is 1.44. The van der Waals surface area contributed by atoms with E-state index in [1.54, 1.807) is 11.3 Å². The quantitative estimate of drug-likeness (QED) is 0.850. The highest BCUT2D eigenvalue weighted by atomic mass is 32.1. The maximum atomic E-state index is 5.75. The van der Waals surface area contributed by atoms with Gasteiger partial charge in [-0.3, -0.25) is 0 Å². The third kappa shape index (κ3) is 2.80. The molecule has 1 aliphatic heterocycles. The molecule has 15 heavy (non-hydrogen) atoms. The van der Waals surface area contributed by atoms with Gasteiger partial charge in [0.15, 0.2) is 0 Å². The van der Waals surface area contributed by atoms with Gasteiger partial charge in [-0.25, -0.2) is 0 Å². The van der Waals surface area contributed by atoms with Crippen molar-refractivity contribution in [2.24, 2.45) is 0 Å². The van der Waals surface area contributed by atoms with Gasteiger partial charge in [0, 0.05) is 19.2 Å². The fourth-order valence-corrected chi connectivity index (χ4v) is 2.74. The minimum atomic E-state index is 0.0598. The lowest BCUT2D eigenvalue weighted by molar-refractivity contribution is 0.0191. The first kappa shape index (κ1) is 11.1. The van der Waals surface area contributed by atoms with Gasteiger partial charge in [0.2, 0.25) is 0 Å². The summed E-state index contributed by atoms with van der Waals surface area (Å²) in [5, 5.41) is 7.88. The van der Waals surface area contributed by atoms with Crippen molar-refractivity contribution < 1.29 is 4.74 Å². The molecule has 1 saturated heterocycles. The summed E-state index contributed by atoms with van der Waals surface area (Å²) in [5.74, 6) is 0. The van der Waals surface area contributed by atoms with E-state index in [0.29, 0.717) is 6.04 Å². The monoisotopic (exact) mass is 225 g/mol. The van der Waals surface area contributed by atoms with Crippen molar-refractivity contribution in [3.63, 3.8) is 0 Å². The van der Waals surface area contributed by atoms with Crippen molar-refractivity contribution >= 4 is 11.3 Å². The van der Waals surface area contributed by atoms with E-state index < -0.39 is 0 Å². The molecule has 1 aromatic heterocycles. The van der Waals surface area contributed by atoms with Crippen LogP contribution in [0.15, 0.2) is 16.8 Å². The van der Waals surface area contributed by atoms with Gasteiger partial charge in [-0.1, -0.05) is 0 Å². The Morgan fingerprint density at radius 1 is 1.67 bits per heavy atom. The molecule has 0 radical (unpaired) electrons. The van der Waals surface area contributed by atoms with Crippen molar-refractivity contribution in [1.29, 1.82) is 0 Å². The Morgan fingerprint density at radius 3 is 3.13 bits per heavy atom. The Kier molecular flexibility index (Phi) is 3.44. The van der Waals surface area contributed by atoms with Crippen LogP contribution in [0.1, 0.15) is 38.3 Å². The van der Waals surface area contributed by atoms with Crippen molar-refractivity contribution in [1.82, 2.24) is 5.32 Å². The van der Waals surface area contributed by atoms with Crippen LogP contribution in [0.5, 0.6) is 0 Å². The molecule has 2 unspecified atom stereocenters. The van der Waals surface area contributed by atoms with E-state index in [0.717, 1.165) is 13.2 Å². The lowest BCUT2D eigenvalue weighted by Gasteiger charge is -2.25. The lowest BCUT2D eigenvalue weighted by atomic mass is 10.0. The van der Waals surface area contributed by atoms with Crippen LogP contribution in [0, 0.1) is 0 Å². The van der Waals surface area contributed by atoms with Crippen molar-refractivity contribution in [2.75, 3.05) is 13.2 Å². The Hall–Kier alpha value is -0.380. The molecule has 2 atom stereocenters. The second-order valence-corrected chi connectivity index (χ2v) is 5.34. The average molecular weight is 225 g/mol. The van der Waals surface area contributed by atoms with Crippen molar-refractivity contribution in [2.45, 2.75) is 38.3 Å². The molecule has 1 aromatic rings. The minimum absolute atomic E-state index is 0.0598. The summed E-state index contributed by atoms with van der Waals surface area (Å²) in [6.07, 6.45) is 2.38. The zero-order valence-corrected chi connectivity index (χ0v) is 10.3. The summed E-state index contributed by atoms with van der Waals surface area (Å²) in [7, 11) is 0. The van der Waals surface area contributed by atoms with E-state index in [9.17, 15) is 0 Å². The predicted octanol–water partition coefficient (Wildman–Crippen LogP) is 2.97. The van der Waals surface area contributed by atoms with Gasteiger partial charge < -0.3 is 10.1 Å². The Labute approximate surface area is 95.6 Å². The molecule has 0 saturated carbocycles. The number of hydrogen-bond donors (Lipinski definition) is 1. The minimum Gasteiger partial charge on any atom is -0.374 e. The fraction of sp³-hybridized carbons (Fsp3) is 0.667. The van der Waals surface area contributed by atoms with E-state index in [2.05, 4.69) is 36.0 Å². The van der Waals surface area contributed by atoms with Gasteiger partial charge in [0.05, 0.1) is 5.60 Å². The molecule has 0 bridgehead atoms. The van der Waals surface area contributed by atoms with Gasteiger partial charge in [-0.2, -0.15) is 11.3 Å². The number of thiophene rings is 1. The second kappa shape index (κ2) is 4.64. The first-order valence-corrected chi connectivity index (χ1v) is 6.53. The molecule has 2 heterocycles. The van der Waals surface area contributed by atoms with Gasteiger partial charge in [-0.05, 0) is 49.1 Å². The van der Waals surface area contributed by atoms with Gasteiger partial charge >= 0.3 is 0 Å². The summed E-state index contributed by atoms with van der Waals surface area (Å²) in [6.45, 7) is 6.28. The Bertz CT molecular complexity index is 291. The first-order chi connectivity index (χ1) is 7.20. The van der Waals surface area contributed by atoms with E-state index >= 15 is 0 Å². The smallest absolute Gasteiger partial charge is 0.0779 e. The number of rotatable bonds is 4. The predicted molar refractivity (Wildman–Crippen MR) is 64.3 cm³/mol. The molecule has 84 valence electrons. The molecule has 3 heteroatoms. The number of hydrogen-bond acceptors (Lipinski definition) is 3. The third-order valence-corrected chi connectivity index (χ3v) is 3.83. The molecular formula is C12H19NOS. The summed E-state index contributed by atoms with van der Waals surface area (Å²) < 4.78 is 5.75. The van der Waals surface area contributed by atoms with Crippen LogP contribution in [0.2, 0.25) is 0 Å². The standard InChI is InChI=1S/C12H19NOS/c1-10(11-4-7-15-8-11)13-9-12(2)5-3-6-14-12/h4,7-8,10,13H,3,5-6,9H2,1-2H3. The molecular weight excluding hydrogens is 206 g/mol. The normalized spacial score (nSPS) is 28.1. The summed E-state index contributed by atoms with van der Waals surface area (Å²) in [4.78, 5) is 0. The first-order valence-electron chi connectivity index (χ1n) is 5.59. The zero-order valence-electron chi connectivity index (χ0n) is 9.45. The molecule has 2 nitrogen and oxygen atoms in total. The van der Waals surface area contributed by atoms with Crippen LogP contribution in [0.3, 0.4) is 0 Å². The van der Waals surface area contributed by atoms with Gasteiger partial charge in [-0.15, -0.1) is 0 Å². The number of ether oxygens (including phenoxy) is 1. The van der Waals surface area contributed by atoms with Gasteiger partial charge in [0.25, 0.3) is 0 Å². The molecule has 1 N–H and O–H groups in total. The molecule has 0 amide bonds. The second-order valence-electron chi connectivity index (χ2n) is 4.56. The summed E-state index contributed by atoms with van der Waals surface area (Å²) in [6, 6.07) is 2.61. The van der Waals surface area contributed by atoms with E-state index in [-0.39, 0.29) is 5.60 Å². The van der Waals surface area contributed by atoms with Crippen molar-refractivity contribution in [3.8, 4) is 0 Å². The Balaban J connectivity index is 1.83. The van der Waals surface area contributed by atoms with Crippen LogP contribution in [-0.4, -0.2) is 18.8 Å². The van der Waals surface area contributed by atoms with Crippen LogP contribution in [-0.2, 0) is 4.74 Å².